The van der Waals surface area contributed by atoms with E-state index in [1.54, 1.807) is 0 Å². The van der Waals surface area contributed by atoms with Crippen molar-refractivity contribution in [3.05, 3.63) is 11.6 Å². The smallest absolute Gasteiger partial charge is 0.309 e. The van der Waals surface area contributed by atoms with Crippen molar-refractivity contribution in [1.82, 2.24) is 0 Å². The third kappa shape index (κ3) is 4.13. The van der Waals surface area contributed by atoms with Gasteiger partial charge in [-0.2, -0.15) is 0 Å². The quantitative estimate of drug-likeness (QED) is 0.630. The largest absolute Gasteiger partial charge is 0.481 e. The van der Waals surface area contributed by atoms with Crippen LogP contribution in [0, 0.1) is 5.92 Å². The van der Waals surface area contributed by atoms with E-state index in [9.17, 15) is 4.79 Å². The van der Waals surface area contributed by atoms with Gasteiger partial charge < -0.3 is 10.2 Å². The number of carbonyl (C=O) groups is 1. The van der Waals surface area contributed by atoms with E-state index in [0.29, 0.717) is 6.42 Å². The van der Waals surface area contributed by atoms with Gasteiger partial charge in [-0.1, -0.05) is 11.6 Å². The summed E-state index contributed by atoms with van der Waals surface area (Å²) in [6, 6.07) is 0. The molecule has 12 heavy (non-hydrogen) atoms. The van der Waals surface area contributed by atoms with Gasteiger partial charge >= 0.3 is 5.97 Å². The normalized spacial score (nSPS) is 15.0. The van der Waals surface area contributed by atoms with Gasteiger partial charge in [-0.05, 0) is 27.2 Å². The number of allylic oxidation sites excluding steroid dienone is 2. The summed E-state index contributed by atoms with van der Waals surface area (Å²) in [6.45, 7) is 5.31. The van der Waals surface area contributed by atoms with E-state index in [1.165, 1.54) is 6.92 Å². The predicted molar refractivity (Wildman–Crippen MR) is 46.9 cm³/mol. The number of hydrogen-bond acceptors (Lipinski definition) is 2. The summed E-state index contributed by atoms with van der Waals surface area (Å²) in [7, 11) is 0. The first-order chi connectivity index (χ1) is 5.45. The van der Waals surface area contributed by atoms with Gasteiger partial charge in [0, 0.05) is 0 Å². The molecule has 0 spiro atoms. The highest BCUT2D eigenvalue weighted by atomic mass is 16.4. The minimum atomic E-state index is -0.942. The lowest BCUT2D eigenvalue weighted by molar-refractivity contribution is -0.145. The average Bonchev–Trinajstić information content (AvgIpc) is 1.84. The number of carboxylic acids is 1. The first-order valence-corrected chi connectivity index (χ1v) is 3.99. The summed E-state index contributed by atoms with van der Waals surface area (Å²) in [5.41, 5.74) is 1.07. The first-order valence-electron chi connectivity index (χ1n) is 3.99. The lowest BCUT2D eigenvalue weighted by atomic mass is 9.99. The third-order valence-electron chi connectivity index (χ3n) is 1.68. The second kappa shape index (κ2) is 4.93. The second-order valence-electron chi connectivity index (χ2n) is 3.20. The maximum atomic E-state index is 10.6. The zero-order valence-electron chi connectivity index (χ0n) is 7.74. The van der Waals surface area contributed by atoms with E-state index in [0.717, 1.165) is 5.57 Å². The molecule has 0 fully saturated rings. The fourth-order valence-electron chi connectivity index (χ4n) is 0.867. The molecule has 0 aliphatic rings. The van der Waals surface area contributed by atoms with Gasteiger partial charge in [-0.25, -0.2) is 0 Å². The van der Waals surface area contributed by atoms with Crippen LogP contribution in [-0.4, -0.2) is 22.3 Å². The number of rotatable bonds is 4. The highest BCUT2D eigenvalue weighted by molar-refractivity contribution is 5.70. The third-order valence-corrected chi connectivity index (χ3v) is 1.68. The SMILES string of the molecule is CC(C)=CCC(C(=O)O)C(C)O. The molecule has 0 radical (unpaired) electrons. The maximum absolute atomic E-state index is 10.6. The molecule has 70 valence electrons. The minimum absolute atomic E-state index is 0.398. The van der Waals surface area contributed by atoms with Gasteiger partial charge in [0.05, 0.1) is 12.0 Å². The van der Waals surface area contributed by atoms with Crippen LogP contribution < -0.4 is 0 Å². The van der Waals surface area contributed by atoms with Crippen molar-refractivity contribution in [1.29, 1.82) is 0 Å². The van der Waals surface area contributed by atoms with Gasteiger partial charge in [-0.3, -0.25) is 4.79 Å². The molecule has 0 aliphatic carbocycles. The van der Waals surface area contributed by atoms with Crippen molar-refractivity contribution in [2.75, 3.05) is 0 Å². The number of carboxylic acid groups (broad SMARTS) is 1. The van der Waals surface area contributed by atoms with E-state index < -0.39 is 18.0 Å². The Balaban J connectivity index is 4.15. The van der Waals surface area contributed by atoms with Gasteiger partial charge in [0.25, 0.3) is 0 Å². The summed E-state index contributed by atoms with van der Waals surface area (Å²) in [5, 5.41) is 17.8. The Labute approximate surface area is 72.7 Å². The standard InChI is InChI=1S/C9H16O3/c1-6(2)4-5-8(7(3)10)9(11)12/h4,7-8,10H,5H2,1-3H3,(H,11,12). The molecule has 3 heteroatoms. The molecular weight excluding hydrogens is 156 g/mol. The first kappa shape index (κ1) is 11.2. The Kier molecular flexibility index (Phi) is 4.59. The van der Waals surface area contributed by atoms with Crippen molar-refractivity contribution < 1.29 is 15.0 Å². The number of hydrogen-bond donors (Lipinski definition) is 2. The van der Waals surface area contributed by atoms with Gasteiger partial charge in [0.2, 0.25) is 0 Å². The van der Waals surface area contributed by atoms with Crippen LogP contribution in [0.25, 0.3) is 0 Å². The zero-order chi connectivity index (χ0) is 9.72. The summed E-state index contributed by atoms with van der Waals surface area (Å²) in [4.78, 5) is 10.6. The lowest BCUT2D eigenvalue weighted by Gasteiger charge is -2.12. The molecule has 2 atom stereocenters. The molecule has 0 aromatic carbocycles. The Morgan fingerprint density at radius 2 is 2.00 bits per heavy atom. The van der Waals surface area contributed by atoms with E-state index in [2.05, 4.69) is 0 Å². The van der Waals surface area contributed by atoms with E-state index in [1.807, 2.05) is 19.9 Å². The van der Waals surface area contributed by atoms with Crippen molar-refractivity contribution in [3.8, 4) is 0 Å². The zero-order valence-corrected chi connectivity index (χ0v) is 7.74. The van der Waals surface area contributed by atoms with Crippen LogP contribution >= 0.6 is 0 Å². The Morgan fingerprint density at radius 1 is 1.50 bits per heavy atom. The van der Waals surface area contributed by atoms with E-state index in [-0.39, 0.29) is 0 Å². The summed E-state index contributed by atoms with van der Waals surface area (Å²) < 4.78 is 0. The van der Waals surface area contributed by atoms with Crippen molar-refractivity contribution in [3.63, 3.8) is 0 Å². The second-order valence-corrected chi connectivity index (χ2v) is 3.20. The molecule has 0 aromatic heterocycles. The topological polar surface area (TPSA) is 57.5 Å². The molecule has 0 heterocycles. The van der Waals surface area contributed by atoms with E-state index in [4.69, 9.17) is 10.2 Å². The van der Waals surface area contributed by atoms with Crippen LogP contribution in [0.3, 0.4) is 0 Å². The number of aliphatic carboxylic acids is 1. The Morgan fingerprint density at radius 3 is 2.25 bits per heavy atom. The van der Waals surface area contributed by atoms with Gasteiger partial charge in [0.1, 0.15) is 0 Å². The summed E-state index contributed by atoms with van der Waals surface area (Å²) in [6.07, 6.45) is 1.43. The number of aliphatic hydroxyl groups is 1. The molecule has 0 amide bonds. The van der Waals surface area contributed by atoms with Crippen molar-refractivity contribution in [2.24, 2.45) is 5.92 Å². The molecule has 0 aliphatic heterocycles. The minimum Gasteiger partial charge on any atom is -0.481 e. The van der Waals surface area contributed by atoms with Crippen LogP contribution in [0.5, 0.6) is 0 Å². The molecule has 0 saturated carbocycles. The maximum Gasteiger partial charge on any atom is 0.309 e. The van der Waals surface area contributed by atoms with Crippen molar-refractivity contribution >= 4 is 5.97 Å². The summed E-state index contributed by atoms with van der Waals surface area (Å²) in [5.74, 6) is -1.62. The van der Waals surface area contributed by atoms with Crippen LogP contribution in [-0.2, 0) is 4.79 Å². The van der Waals surface area contributed by atoms with Gasteiger partial charge in [0.15, 0.2) is 0 Å². The monoisotopic (exact) mass is 172 g/mol. The average molecular weight is 172 g/mol. The molecule has 2 unspecified atom stereocenters. The fraction of sp³-hybridized carbons (Fsp3) is 0.667. The van der Waals surface area contributed by atoms with Crippen molar-refractivity contribution in [2.45, 2.75) is 33.3 Å². The molecule has 0 aromatic rings. The lowest BCUT2D eigenvalue weighted by Crippen LogP contribution is -2.24. The molecule has 0 rings (SSSR count). The van der Waals surface area contributed by atoms with Crippen LogP contribution in [0.4, 0.5) is 0 Å². The fourth-order valence-corrected chi connectivity index (χ4v) is 0.867. The molecular formula is C9H16O3. The Bertz CT molecular complexity index is 178. The molecule has 2 N–H and O–H groups in total. The highest BCUT2D eigenvalue weighted by Crippen LogP contribution is 2.11. The summed E-state index contributed by atoms with van der Waals surface area (Å²) >= 11 is 0. The molecule has 3 nitrogen and oxygen atoms in total. The van der Waals surface area contributed by atoms with Crippen LogP contribution in [0.2, 0.25) is 0 Å². The molecule has 0 saturated heterocycles. The van der Waals surface area contributed by atoms with Gasteiger partial charge in [-0.15, -0.1) is 0 Å². The molecule has 0 bridgehead atoms. The van der Waals surface area contributed by atoms with Crippen LogP contribution in [0.15, 0.2) is 11.6 Å². The highest BCUT2D eigenvalue weighted by Gasteiger charge is 2.21. The Hall–Kier alpha value is -0.830. The van der Waals surface area contributed by atoms with E-state index >= 15 is 0 Å². The van der Waals surface area contributed by atoms with Crippen LogP contribution in [0.1, 0.15) is 27.2 Å². The predicted octanol–water partition coefficient (Wildman–Crippen LogP) is 1.42. The number of aliphatic hydroxyl groups excluding tert-OH is 1.